The van der Waals surface area contributed by atoms with Crippen LogP contribution in [0, 0.1) is 0 Å². The van der Waals surface area contributed by atoms with Crippen LogP contribution < -0.4 is 5.32 Å². The van der Waals surface area contributed by atoms with Crippen LogP contribution in [-0.2, 0) is 13.1 Å². The van der Waals surface area contributed by atoms with E-state index >= 15 is 0 Å². The first-order valence-electron chi connectivity index (χ1n) is 9.04. The SMILES string of the molecule is CC[C@@H](NC(=O)c1cc(CN(C)Cc2ccccc2)on1)c1cccnc1. The smallest absolute Gasteiger partial charge is 0.273 e. The van der Waals surface area contributed by atoms with Gasteiger partial charge in [0.1, 0.15) is 0 Å². The molecule has 0 saturated carbocycles. The van der Waals surface area contributed by atoms with Gasteiger partial charge in [-0.15, -0.1) is 0 Å². The summed E-state index contributed by atoms with van der Waals surface area (Å²) in [4.78, 5) is 18.7. The molecular formula is C21H24N4O2. The third-order valence-corrected chi connectivity index (χ3v) is 4.31. The summed E-state index contributed by atoms with van der Waals surface area (Å²) in [5.74, 6) is 0.416. The lowest BCUT2D eigenvalue weighted by Gasteiger charge is -2.16. The number of nitrogens with one attached hydrogen (secondary N) is 1. The first kappa shape index (κ1) is 18.8. The van der Waals surface area contributed by atoms with Crippen molar-refractivity contribution in [1.82, 2.24) is 20.4 Å². The fourth-order valence-corrected chi connectivity index (χ4v) is 2.95. The Kier molecular flexibility index (Phi) is 6.33. The highest BCUT2D eigenvalue weighted by Gasteiger charge is 2.18. The molecule has 1 atom stereocenters. The maximum absolute atomic E-state index is 12.5. The summed E-state index contributed by atoms with van der Waals surface area (Å²) in [6.45, 7) is 3.39. The third-order valence-electron chi connectivity index (χ3n) is 4.31. The summed E-state index contributed by atoms with van der Waals surface area (Å²) in [6, 6.07) is 15.6. The van der Waals surface area contributed by atoms with Crippen LogP contribution in [0.15, 0.2) is 65.4 Å². The summed E-state index contributed by atoms with van der Waals surface area (Å²) in [5, 5.41) is 6.92. The summed E-state index contributed by atoms with van der Waals surface area (Å²) in [7, 11) is 2.00. The molecule has 0 aliphatic rings. The number of benzene rings is 1. The molecular weight excluding hydrogens is 340 g/mol. The maximum Gasteiger partial charge on any atom is 0.273 e. The van der Waals surface area contributed by atoms with E-state index in [0.29, 0.717) is 18.0 Å². The molecule has 140 valence electrons. The molecule has 6 nitrogen and oxygen atoms in total. The minimum absolute atomic E-state index is 0.105. The van der Waals surface area contributed by atoms with Gasteiger partial charge in [-0.3, -0.25) is 14.7 Å². The number of hydrogen-bond acceptors (Lipinski definition) is 5. The molecule has 6 heteroatoms. The van der Waals surface area contributed by atoms with Gasteiger partial charge < -0.3 is 9.84 Å². The molecule has 1 N–H and O–H groups in total. The minimum Gasteiger partial charge on any atom is -0.359 e. The normalized spacial score (nSPS) is 12.1. The van der Waals surface area contributed by atoms with E-state index in [0.717, 1.165) is 18.5 Å². The van der Waals surface area contributed by atoms with E-state index < -0.39 is 0 Å². The van der Waals surface area contributed by atoms with Crippen molar-refractivity contribution in [2.45, 2.75) is 32.5 Å². The molecule has 0 spiro atoms. The van der Waals surface area contributed by atoms with Crippen LogP contribution in [0.1, 0.15) is 46.8 Å². The van der Waals surface area contributed by atoms with Crippen molar-refractivity contribution in [2.75, 3.05) is 7.05 Å². The van der Waals surface area contributed by atoms with E-state index in [4.69, 9.17) is 4.52 Å². The van der Waals surface area contributed by atoms with Crippen LogP contribution >= 0.6 is 0 Å². The third kappa shape index (κ3) is 5.24. The van der Waals surface area contributed by atoms with Crippen molar-refractivity contribution < 1.29 is 9.32 Å². The molecule has 3 rings (SSSR count). The Labute approximate surface area is 159 Å². The van der Waals surface area contributed by atoms with E-state index in [9.17, 15) is 4.79 Å². The largest absolute Gasteiger partial charge is 0.359 e. The molecule has 3 aromatic rings. The molecule has 0 aliphatic heterocycles. The first-order valence-corrected chi connectivity index (χ1v) is 9.04. The van der Waals surface area contributed by atoms with Gasteiger partial charge in [0.05, 0.1) is 12.6 Å². The molecule has 0 fully saturated rings. The second kappa shape index (κ2) is 9.09. The van der Waals surface area contributed by atoms with E-state index in [1.54, 1.807) is 18.5 Å². The average molecular weight is 364 g/mol. The van der Waals surface area contributed by atoms with Gasteiger partial charge in [0.2, 0.25) is 0 Å². The molecule has 2 heterocycles. The predicted molar refractivity (Wildman–Crippen MR) is 103 cm³/mol. The maximum atomic E-state index is 12.5. The molecule has 1 aromatic carbocycles. The minimum atomic E-state index is -0.244. The molecule has 0 saturated heterocycles. The fourth-order valence-electron chi connectivity index (χ4n) is 2.95. The Hall–Kier alpha value is -2.99. The summed E-state index contributed by atoms with van der Waals surface area (Å²) in [5.41, 5.74) is 2.49. The van der Waals surface area contributed by atoms with Crippen LogP contribution in [0.25, 0.3) is 0 Å². The van der Waals surface area contributed by atoms with Crippen molar-refractivity contribution in [2.24, 2.45) is 0 Å². The van der Waals surface area contributed by atoms with Gasteiger partial charge in [0.25, 0.3) is 5.91 Å². The van der Waals surface area contributed by atoms with Crippen molar-refractivity contribution in [3.05, 3.63) is 83.5 Å². The van der Waals surface area contributed by atoms with E-state index in [1.807, 2.05) is 44.3 Å². The van der Waals surface area contributed by atoms with Gasteiger partial charge in [0, 0.05) is 25.0 Å². The number of nitrogens with zero attached hydrogens (tertiary/aromatic N) is 3. The van der Waals surface area contributed by atoms with Crippen molar-refractivity contribution in [1.29, 1.82) is 0 Å². The van der Waals surface area contributed by atoms with Gasteiger partial charge in [-0.1, -0.05) is 48.5 Å². The van der Waals surface area contributed by atoms with Crippen LogP contribution in [0.5, 0.6) is 0 Å². The Bertz CT molecular complexity index is 849. The Balaban J connectivity index is 1.58. The lowest BCUT2D eigenvalue weighted by Crippen LogP contribution is -2.28. The molecule has 2 aromatic heterocycles. The Morgan fingerprint density at radius 2 is 2.00 bits per heavy atom. The van der Waals surface area contributed by atoms with Gasteiger partial charge in [-0.2, -0.15) is 0 Å². The van der Waals surface area contributed by atoms with Gasteiger partial charge in [-0.05, 0) is 30.7 Å². The van der Waals surface area contributed by atoms with Gasteiger partial charge >= 0.3 is 0 Å². The number of carbonyl (C=O) groups is 1. The van der Waals surface area contributed by atoms with Crippen LogP contribution in [0.2, 0.25) is 0 Å². The fraction of sp³-hybridized carbons (Fsp3) is 0.286. The number of amides is 1. The molecule has 0 aliphatic carbocycles. The van der Waals surface area contributed by atoms with Crippen LogP contribution in [0.4, 0.5) is 0 Å². The van der Waals surface area contributed by atoms with Crippen LogP contribution in [-0.4, -0.2) is 28.0 Å². The van der Waals surface area contributed by atoms with E-state index in [1.165, 1.54) is 5.56 Å². The number of pyridine rings is 1. The summed E-state index contributed by atoms with van der Waals surface area (Å²) in [6.07, 6.45) is 4.25. The molecule has 1 amide bonds. The zero-order valence-electron chi connectivity index (χ0n) is 15.6. The van der Waals surface area contributed by atoms with Crippen molar-refractivity contribution in [3.63, 3.8) is 0 Å². The highest BCUT2D eigenvalue weighted by molar-refractivity contribution is 5.92. The summed E-state index contributed by atoms with van der Waals surface area (Å²) < 4.78 is 5.35. The predicted octanol–water partition coefficient (Wildman–Crippen LogP) is 3.58. The first-order chi connectivity index (χ1) is 13.2. The quantitative estimate of drug-likeness (QED) is 0.661. The van der Waals surface area contributed by atoms with Crippen LogP contribution in [0.3, 0.4) is 0 Å². The Morgan fingerprint density at radius 1 is 1.19 bits per heavy atom. The number of rotatable bonds is 8. The number of aromatic nitrogens is 2. The zero-order valence-corrected chi connectivity index (χ0v) is 15.6. The topological polar surface area (TPSA) is 71.3 Å². The number of hydrogen-bond donors (Lipinski definition) is 1. The highest BCUT2D eigenvalue weighted by atomic mass is 16.5. The van der Waals surface area contributed by atoms with Crippen molar-refractivity contribution in [3.8, 4) is 0 Å². The molecule has 0 bridgehead atoms. The zero-order chi connectivity index (χ0) is 19.1. The molecule has 27 heavy (non-hydrogen) atoms. The Morgan fingerprint density at radius 3 is 2.70 bits per heavy atom. The van der Waals surface area contributed by atoms with E-state index in [-0.39, 0.29) is 11.9 Å². The lowest BCUT2D eigenvalue weighted by atomic mass is 10.1. The highest BCUT2D eigenvalue weighted by Crippen LogP contribution is 2.16. The average Bonchev–Trinajstić information content (AvgIpc) is 3.16. The monoisotopic (exact) mass is 364 g/mol. The van der Waals surface area contributed by atoms with E-state index in [2.05, 4.69) is 32.5 Å². The van der Waals surface area contributed by atoms with Gasteiger partial charge in [0.15, 0.2) is 11.5 Å². The second-order valence-electron chi connectivity index (χ2n) is 6.56. The second-order valence-corrected chi connectivity index (χ2v) is 6.56. The lowest BCUT2D eigenvalue weighted by molar-refractivity contribution is 0.0926. The summed E-state index contributed by atoms with van der Waals surface area (Å²) >= 11 is 0. The van der Waals surface area contributed by atoms with Gasteiger partial charge in [-0.25, -0.2) is 0 Å². The van der Waals surface area contributed by atoms with Crippen molar-refractivity contribution >= 4 is 5.91 Å². The molecule has 0 unspecified atom stereocenters. The standard InChI is InChI=1S/C21H24N4O2/c1-3-19(17-10-7-11-22-13-17)23-21(26)20-12-18(27-24-20)15-25(2)14-16-8-5-4-6-9-16/h4-13,19H,3,14-15H2,1-2H3,(H,23,26)/t19-/m1/s1. The number of carbonyl (C=O) groups excluding carboxylic acids is 1. The molecule has 0 radical (unpaired) electrons.